The molecule has 1 fully saturated rings. The van der Waals surface area contributed by atoms with E-state index in [1.807, 2.05) is 5.38 Å². The van der Waals surface area contributed by atoms with Crippen molar-refractivity contribution in [2.24, 2.45) is 0 Å². The Balaban J connectivity index is 0.00000180. The Morgan fingerprint density at radius 2 is 2.42 bits per heavy atom. The van der Waals surface area contributed by atoms with Gasteiger partial charge in [0.2, 0.25) is 5.91 Å². The summed E-state index contributed by atoms with van der Waals surface area (Å²) in [6.07, 6.45) is 7.34. The molecule has 1 aromatic rings. The Hall–Kier alpha value is -0.650. The van der Waals surface area contributed by atoms with E-state index in [-0.39, 0.29) is 18.3 Å². The van der Waals surface area contributed by atoms with Crippen molar-refractivity contribution in [1.29, 1.82) is 0 Å². The van der Waals surface area contributed by atoms with Crippen molar-refractivity contribution in [2.75, 3.05) is 18.4 Å². The standard InChI is InChI=1S/C13H21N3OS.ClH/c1-2-11-5-3-4-8-16(11)9-6-12(17)15-13-14-7-10-18-13;/h7,10-11H,2-6,8-9H2,1H3,(H,14,15,17);1H. The second kappa shape index (κ2) is 8.51. The number of hydrogen-bond acceptors (Lipinski definition) is 4. The van der Waals surface area contributed by atoms with Gasteiger partial charge in [0, 0.05) is 30.6 Å². The summed E-state index contributed by atoms with van der Waals surface area (Å²) in [5.41, 5.74) is 0. The zero-order chi connectivity index (χ0) is 12.8. The van der Waals surface area contributed by atoms with Crippen LogP contribution in [0.25, 0.3) is 0 Å². The Morgan fingerprint density at radius 1 is 1.58 bits per heavy atom. The molecular formula is C13H22ClN3OS. The fourth-order valence-corrected chi connectivity index (χ4v) is 3.07. The van der Waals surface area contributed by atoms with Gasteiger partial charge in [-0.3, -0.25) is 9.69 Å². The first-order chi connectivity index (χ1) is 8.79. The molecule has 1 unspecified atom stereocenters. The number of hydrogen-bond donors (Lipinski definition) is 1. The quantitative estimate of drug-likeness (QED) is 0.909. The first-order valence-electron chi connectivity index (χ1n) is 6.73. The fourth-order valence-electron chi connectivity index (χ4n) is 2.53. The maximum atomic E-state index is 11.8. The molecule has 0 aliphatic carbocycles. The first kappa shape index (κ1) is 16.4. The number of nitrogens with zero attached hydrogens (tertiary/aromatic N) is 2. The predicted molar refractivity (Wildman–Crippen MR) is 82.1 cm³/mol. The molecule has 6 heteroatoms. The van der Waals surface area contributed by atoms with Crippen LogP contribution in [0.1, 0.15) is 39.0 Å². The van der Waals surface area contributed by atoms with Crippen molar-refractivity contribution < 1.29 is 4.79 Å². The van der Waals surface area contributed by atoms with Crippen molar-refractivity contribution >= 4 is 34.8 Å². The zero-order valence-electron chi connectivity index (χ0n) is 11.3. The molecule has 0 spiro atoms. The van der Waals surface area contributed by atoms with Crippen LogP contribution in [0.15, 0.2) is 11.6 Å². The molecule has 19 heavy (non-hydrogen) atoms. The highest BCUT2D eigenvalue weighted by atomic mass is 35.5. The summed E-state index contributed by atoms with van der Waals surface area (Å²) in [5, 5.41) is 5.40. The third kappa shape index (κ3) is 5.09. The summed E-state index contributed by atoms with van der Waals surface area (Å²) in [7, 11) is 0. The molecule has 4 nitrogen and oxygen atoms in total. The molecule has 1 saturated heterocycles. The molecule has 0 aromatic carbocycles. The van der Waals surface area contributed by atoms with Crippen molar-refractivity contribution in [2.45, 2.75) is 45.1 Å². The number of thiazole rings is 1. The molecule has 0 saturated carbocycles. The molecule has 0 radical (unpaired) electrons. The van der Waals surface area contributed by atoms with E-state index in [0.717, 1.165) is 13.1 Å². The molecule has 1 amide bonds. The summed E-state index contributed by atoms with van der Waals surface area (Å²) in [4.78, 5) is 18.3. The smallest absolute Gasteiger partial charge is 0.227 e. The zero-order valence-corrected chi connectivity index (χ0v) is 12.9. The Labute approximate surface area is 125 Å². The minimum absolute atomic E-state index is 0. The number of amides is 1. The number of anilines is 1. The molecule has 1 aliphatic heterocycles. The third-order valence-corrected chi connectivity index (χ3v) is 4.21. The van der Waals surface area contributed by atoms with Gasteiger partial charge in [-0.05, 0) is 25.8 Å². The van der Waals surface area contributed by atoms with E-state index in [1.54, 1.807) is 6.20 Å². The second-order valence-electron chi connectivity index (χ2n) is 4.73. The normalized spacial score (nSPS) is 19.7. The maximum absolute atomic E-state index is 11.8. The van der Waals surface area contributed by atoms with Crippen molar-refractivity contribution in [3.05, 3.63) is 11.6 Å². The van der Waals surface area contributed by atoms with Crippen LogP contribution in [0, 0.1) is 0 Å². The average Bonchev–Trinajstić information content (AvgIpc) is 2.89. The van der Waals surface area contributed by atoms with E-state index < -0.39 is 0 Å². The highest BCUT2D eigenvalue weighted by Gasteiger charge is 2.20. The van der Waals surface area contributed by atoms with Gasteiger partial charge in [-0.1, -0.05) is 13.3 Å². The number of carbonyl (C=O) groups excluding carboxylic acids is 1. The molecule has 0 bridgehead atoms. The van der Waals surface area contributed by atoms with E-state index in [1.165, 1.54) is 37.0 Å². The third-order valence-electron chi connectivity index (χ3n) is 3.53. The van der Waals surface area contributed by atoms with Crippen molar-refractivity contribution in [3.8, 4) is 0 Å². The van der Waals surface area contributed by atoms with Crippen molar-refractivity contribution in [3.63, 3.8) is 0 Å². The lowest BCUT2D eigenvalue weighted by atomic mass is 10.00. The number of likely N-dealkylation sites (tertiary alicyclic amines) is 1. The monoisotopic (exact) mass is 303 g/mol. The van der Waals surface area contributed by atoms with Gasteiger partial charge < -0.3 is 5.32 Å². The Morgan fingerprint density at radius 3 is 3.11 bits per heavy atom. The molecule has 1 atom stereocenters. The van der Waals surface area contributed by atoms with Gasteiger partial charge in [-0.25, -0.2) is 4.98 Å². The number of aromatic nitrogens is 1. The SMILES string of the molecule is CCC1CCCCN1CCC(=O)Nc1nccs1.Cl. The van der Waals surface area contributed by atoms with Gasteiger partial charge in [0.15, 0.2) is 5.13 Å². The minimum atomic E-state index is 0. The van der Waals surface area contributed by atoms with E-state index in [0.29, 0.717) is 17.6 Å². The molecule has 1 aromatic heterocycles. The Kier molecular flexibility index (Phi) is 7.34. The summed E-state index contributed by atoms with van der Waals surface area (Å²) >= 11 is 1.46. The fraction of sp³-hybridized carbons (Fsp3) is 0.692. The lowest BCUT2D eigenvalue weighted by Crippen LogP contribution is -2.40. The number of halogens is 1. The van der Waals surface area contributed by atoms with Crippen molar-refractivity contribution in [1.82, 2.24) is 9.88 Å². The minimum Gasteiger partial charge on any atom is -0.302 e. The lowest BCUT2D eigenvalue weighted by molar-refractivity contribution is -0.116. The predicted octanol–water partition coefficient (Wildman–Crippen LogP) is 3.16. The average molecular weight is 304 g/mol. The number of carbonyl (C=O) groups is 1. The van der Waals surface area contributed by atoms with E-state index in [4.69, 9.17) is 0 Å². The number of rotatable bonds is 5. The van der Waals surface area contributed by atoms with Crippen LogP contribution in [0.5, 0.6) is 0 Å². The molecule has 108 valence electrons. The van der Waals surface area contributed by atoms with Gasteiger partial charge in [-0.15, -0.1) is 23.7 Å². The Bertz CT molecular complexity index is 372. The highest BCUT2D eigenvalue weighted by Crippen LogP contribution is 2.19. The molecule has 2 heterocycles. The van der Waals surface area contributed by atoms with Gasteiger partial charge in [0.1, 0.15) is 0 Å². The summed E-state index contributed by atoms with van der Waals surface area (Å²) < 4.78 is 0. The summed E-state index contributed by atoms with van der Waals surface area (Å²) in [6, 6.07) is 0.673. The van der Waals surface area contributed by atoms with E-state index in [2.05, 4.69) is 22.1 Å². The lowest BCUT2D eigenvalue weighted by Gasteiger charge is -2.34. The summed E-state index contributed by atoms with van der Waals surface area (Å²) in [5.74, 6) is 0.0744. The molecule has 2 rings (SSSR count). The van der Waals surface area contributed by atoms with Crippen LogP contribution < -0.4 is 5.32 Å². The van der Waals surface area contributed by atoms with Gasteiger partial charge in [-0.2, -0.15) is 0 Å². The number of nitrogens with one attached hydrogen (secondary N) is 1. The van der Waals surface area contributed by atoms with Crippen LogP contribution in [0.3, 0.4) is 0 Å². The maximum Gasteiger partial charge on any atom is 0.227 e. The largest absolute Gasteiger partial charge is 0.302 e. The molecular weight excluding hydrogens is 282 g/mol. The number of piperidine rings is 1. The topological polar surface area (TPSA) is 45.2 Å². The van der Waals surface area contributed by atoms with Crippen LogP contribution in [-0.2, 0) is 4.79 Å². The van der Waals surface area contributed by atoms with Crippen LogP contribution in [-0.4, -0.2) is 34.9 Å². The first-order valence-corrected chi connectivity index (χ1v) is 7.61. The molecule has 1 N–H and O–H groups in total. The van der Waals surface area contributed by atoms with Gasteiger partial charge in [0.25, 0.3) is 0 Å². The van der Waals surface area contributed by atoms with Crippen LogP contribution >= 0.6 is 23.7 Å². The van der Waals surface area contributed by atoms with Crippen LogP contribution in [0.4, 0.5) is 5.13 Å². The molecule has 1 aliphatic rings. The van der Waals surface area contributed by atoms with E-state index >= 15 is 0 Å². The summed E-state index contributed by atoms with van der Waals surface area (Å²) in [6.45, 7) is 4.25. The van der Waals surface area contributed by atoms with E-state index in [9.17, 15) is 4.79 Å². The van der Waals surface area contributed by atoms with Gasteiger partial charge in [0.05, 0.1) is 0 Å². The highest BCUT2D eigenvalue weighted by molar-refractivity contribution is 7.13. The van der Waals surface area contributed by atoms with Crippen LogP contribution in [0.2, 0.25) is 0 Å². The van der Waals surface area contributed by atoms with Gasteiger partial charge >= 0.3 is 0 Å². The second-order valence-corrected chi connectivity index (χ2v) is 5.62.